The molecule has 3 heterocycles. The third kappa shape index (κ3) is 2.34. The predicted molar refractivity (Wildman–Crippen MR) is 85.2 cm³/mol. The first-order valence-corrected chi connectivity index (χ1v) is 8.96. The van der Waals surface area contributed by atoms with E-state index in [1.54, 1.807) is 16.2 Å². The summed E-state index contributed by atoms with van der Waals surface area (Å²) in [6.07, 6.45) is 4.26. The molecule has 23 heavy (non-hydrogen) atoms. The second-order valence-electron chi connectivity index (χ2n) is 6.60. The fraction of sp³-hybridized carbons (Fsp3) is 0.562. The molecule has 2 N–H and O–H groups in total. The molecule has 122 valence electrons. The van der Waals surface area contributed by atoms with Gasteiger partial charge in [0, 0.05) is 11.4 Å². The summed E-state index contributed by atoms with van der Waals surface area (Å²) in [4.78, 5) is 39.7. The molecule has 6 nitrogen and oxygen atoms in total. The summed E-state index contributed by atoms with van der Waals surface area (Å²) in [7, 11) is 0. The number of nitrogens with zero attached hydrogens (tertiary/aromatic N) is 1. The number of thiophene rings is 1. The summed E-state index contributed by atoms with van der Waals surface area (Å²) in [5.41, 5.74) is 0.225. The molecule has 2 fully saturated rings. The summed E-state index contributed by atoms with van der Waals surface area (Å²) >= 11 is 1.72. The molecule has 1 aliphatic carbocycles. The number of urea groups is 1. The SMILES string of the molecule is O=C1NC(=O)[C@@]2(CCCN(C(=O)[C@H]3CCCc4sccc43)C2)N1. The van der Waals surface area contributed by atoms with Gasteiger partial charge in [-0.3, -0.25) is 14.9 Å². The minimum Gasteiger partial charge on any atom is -0.339 e. The summed E-state index contributed by atoms with van der Waals surface area (Å²) < 4.78 is 0. The molecule has 4 rings (SSSR count). The molecule has 2 saturated heterocycles. The Morgan fingerprint density at radius 1 is 1.35 bits per heavy atom. The molecule has 0 aromatic carbocycles. The van der Waals surface area contributed by atoms with Crippen LogP contribution >= 0.6 is 11.3 Å². The monoisotopic (exact) mass is 333 g/mol. The van der Waals surface area contributed by atoms with E-state index >= 15 is 0 Å². The van der Waals surface area contributed by atoms with E-state index < -0.39 is 11.6 Å². The van der Waals surface area contributed by atoms with Crippen molar-refractivity contribution in [1.82, 2.24) is 15.5 Å². The number of rotatable bonds is 1. The average Bonchev–Trinajstić information content (AvgIpc) is 3.11. The molecule has 2 atom stereocenters. The highest BCUT2D eigenvalue weighted by Crippen LogP contribution is 2.37. The standard InChI is InChI=1S/C16H19N3O3S/c20-13(11-3-1-4-12-10(11)5-8-23-12)19-7-2-6-16(9-19)14(21)17-15(22)18-16/h5,8,11H,1-4,6-7,9H2,(H2,17,18,21,22)/t11-,16-/m0/s1. The molecule has 1 aromatic rings. The Kier molecular flexibility index (Phi) is 3.41. The maximum atomic E-state index is 13.0. The lowest BCUT2D eigenvalue weighted by atomic mass is 9.84. The van der Waals surface area contributed by atoms with Crippen molar-refractivity contribution in [2.75, 3.05) is 13.1 Å². The quantitative estimate of drug-likeness (QED) is 0.762. The van der Waals surface area contributed by atoms with Gasteiger partial charge in [0.15, 0.2) is 0 Å². The van der Waals surface area contributed by atoms with Crippen molar-refractivity contribution in [3.63, 3.8) is 0 Å². The molecule has 2 aliphatic heterocycles. The number of piperidine rings is 1. The molecule has 4 amide bonds. The minimum atomic E-state index is -0.933. The van der Waals surface area contributed by atoms with Crippen molar-refractivity contribution in [2.24, 2.45) is 0 Å². The minimum absolute atomic E-state index is 0.0948. The van der Waals surface area contributed by atoms with E-state index in [-0.39, 0.29) is 24.3 Å². The summed E-state index contributed by atoms with van der Waals surface area (Å²) in [6, 6.07) is 1.60. The van der Waals surface area contributed by atoms with Crippen molar-refractivity contribution in [1.29, 1.82) is 0 Å². The highest BCUT2D eigenvalue weighted by molar-refractivity contribution is 7.10. The van der Waals surface area contributed by atoms with Gasteiger partial charge in [-0.05, 0) is 49.1 Å². The number of carbonyl (C=O) groups is 3. The molecule has 1 spiro atoms. The lowest BCUT2D eigenvalue weighted by Gasteiger charge is -2.40. The van der Waals surface area contributed by atoms with Gasteiger partial charge in [-0.1, -0.05) is 0 Å². The molecule has 0 radical (unpaired) electrons. The van der Waals surface area contributed by atoms with Crippen LogP contribution in [0.1, 0.15) is 42.0 Å². The van der Waals surface area contributed by atoms with Crippen molar-refractivity contribution in [3.8, 4) is 0 Å². The maximum absolute atomic E-state index is 13.0. The topological polar surface area (TPSA) is 78.5 Å². The molecule has 0 bridgehead atoms. The Labute approximate surface area is 138 Å². The Morgan fingerprint density at radius 3 is 3.00 bits per heavy atom. The van der Waals surface area contributed by atoms with Gasteiger partial charge in [-0.25, -0.2) is 4.79 Å². The largest absolute Gasteiger partial charge is 0.339 e. The fourth-order valence-electron chi connectivity index (χ4n) is 4.02. The normalized spacial score (nSPS) is 30.1. The van der Waals surface area contributed by atoms with Crippen LogP contribution in [-0.4, -0.2) is 41.4 Å². The number of likely N-dealkylation sites (tertiary alicyclic amines) is 1. The second-order valence-corrected chi connectivity index (χ2v) is 7.60. The Hall–Kier alpha value is -1.89. The number of hydrogen-bond acceptors (Lipinski definition) is 4. The average molecular weight is 333 g/mol. The van der Waals surface area contributed by atoms with E-state index in [2.05, 4.69) is 22.1 Å². The van der Waals surface area contributed by atoms with Gasteiger partial charge >= 0.3 is 6.03 Å². The summed E-state index contributed by atoms with van der Waals surface area (Å²) in [5, 5.41) is 7.09. The number of carbonyl (C=O) groups excluding carboxylic acids is 3. The first-order valence-electron chi connectivity index (χ1n) is 8.08. The van der Waals surface area contributed by atoms with E-state index in [9.17, 15) is 14.4 Å². The summed E-state index contributed by atoms with van der Waals surface area (Å²) in [6.45, 7) is 0.930. The Bertz CT molecular complexity index is 686. The lowest BCUT2D eigenvalue weighted by molar-refractivity contribution is -0.137. The zero-order valence-electron chi connectivity index (χ0n) is 12.8. The first kappa shape index (κ1) is 14.7. The number of hydrogen-bond donors (Lipinski definition) is 2. The number of amides is 4. The molecular formula is C16H19N3O3S. The maximum Gasteiger partial charge on any atom is 0.322 e. The van der Waals surface area contributed by atoms with Crippen molar-refractivity contribution in [3.05, 3.63) is 21.9 Å². The van der Waals surface area contributed by atoms with Crippen molar-refractivity contribution < 1.29 is 14.4 Å². The van der Waals surface area contributed by atoms with Gasteiger partial charge in [-0.15, -0.1) is 11.3 Å². The smallest absolute Gasteiger partial charge is 0.322 e. The molecular weight excluding hydrogens is 314 g/mol. The van der Waals surface area contributed by atoms with Gasteiger partial charge in [-0.2, -0.15) is 0 Å². The fourth-order valence-corrected chi connectivity index (χ4v) is 5.01. The van der Waals surface area contributed by atoms with E-state index in [1.165, 1.54) is 4.88 Å². The van der Waals surface area contributed by atoms with Gasteiger partial charge in [0.2, 0.25) is 5.91 Å². The zero-order valence-corrected chi connectivity index (χ0v) is 13.6. The van der Waals surface area contributed by atoms with E-state index in [1.807, 2.05) is 0 Å². The molecule has 7 heteroatoms. The van der Waals surface area contributed by atoms with Gasteiger partial charge in [0.1, 0.15) is 5.54 Å². The van der Waals surface area contributed by atoms with E-state index in [0.29, 0.717) is 13.0 Å². The second kappa shape index (κ2) is 5.33. The lowest BCUT2D eigenvalue weighted by Crippen LogP contribution is -2.60. The van der Waals surface area contributed by atoms with Crippen LogP contribution in [0.3, 0.4) is 0 Å². The van der Waals surface area contributed by atoms with Gasteiger partial charge < -0.3 is 10.2 Å². The zero-order chi connectivity index (χ0) is 16.0. The molecule has 1 aromatic heterocycles. The van der Waals surface area contributed by atoms with Crippen molar-refractivity contribution in [2.45, 2.75) is 43.6 Å². The Balaban J connectivity index is 1.56. The van der Waals surface area contributed by atoms with Gasteiger partial charge in [0.05, 0.1) is 12.5 Å². The number of imide groups is 1. The third-order valence-electron chi connectivity index (χ3n) is 5.17. The highest BCUT2D eigenvalue weighted by atomic mass is 32.1. The van der Waals surface area contributed by atoms with E-state index in [4.69, 9.17) is 0 Å². The Morgan fingerprint density at radius 2 is 2.22 bits per heavy atom. The number of nitrogens with one attached hydrogen (secondary N) is 2. The van der Waals surface area contributed by atoms with Gasteiger partial charge in [0.25, 0.3) is 5.91 Å². The highest BCUT2D eigenvalue weighted by Gasteiger charge is 2.50. The van der Waals surface area contributed by atoms with Crippen LogP contribution in [0.25, 0.3) is 0 Å². The van der Waals surface area contributed by atoms with E-state index in [0.717, 1.165) is 31.2 Å². The van der Waals surface area contributed by atoms with Crippen LogP contribution in [0.15, 0.2) is 11.4 Å². The van der Waals surface area contributed by atoms with Crippen LogP contribution in [0.5, 0.6) is 0 Å². The third-order valence-corrected chi connectivity index (χ3v) is 6.17. The molecule has 0 saturated carbocycles. The number of aryl methyl sites for hydroxylation is 1. The first-order chi connectivity index (χ1) is 11.1. The van der Waals surface area contributed by atoms with Crippen molar-refractivity contribution >= 4 is 29.2 Å². The predicted octanol–water partition coefficient (Wildman–Crippen LogP) is 1.37. The van der Waals surface area contributed by atoms with Crippen LogP contribution in [0, 0.1) is 0 Å². The van der Waals surface area contributed by atoms with Crippen LogP contribution < -0.4 is 10.6 Å². The van der Waals surface area contributed by atoms with Crippen LogP contribution in [0.4, 0.5) is 4.79 Å². The molecule has 0 unspecified atom stereocenters. The molecule has 3 aliphatic rings. The van der Waals surface area contributed by atoms with Crippen LogP contribution in [0.2, 0.25) is 0 Å². The number of fused-ring (bicyclic) bond motifs is 1. The van der Waals surface area contributed by atoms with Crippen LogP contribution in [-0.2, 0) is 16.0 Å². The summed E-state index contributed by atoms with van der Waals surface area (Å²) in [5.74, 6) is -0.308.